The summed E-state index contributed by atoms with van der Waals surface area (Å²) in [5.41, 5.74) is 0. The summed E-state index contributed by atoms with van der Waals surface area (Å²) in [4.78, 5) is 10.5. The predicted molar refractivity (Wildman–Crippen MR) is 48.2 cm³/mol. The van der Waals surface area contributed by atoms with E-state index in [0.29, 0.717) is 6.04 Å². The van der Waals surface area contributed by atoms with Gasteiger partial charge in [0.05, 0.1) is 12.7 Å². The maximum atomic E-state index is 10.5. The van der Waals surface area contributed by atoms with Crippen LogP contribution in [-0.2, 0) is 22.8 Å². The molecule has 0 aliphatic heterocycles. The van der Waals surface area contributed by atoms with Crippen molar-refractivity contribution < 1.29 is 22.8 Å². The van der Waals surface area contributed by atoms with Crippen molar-refractivity contribution in [2.75, 3.05) is 27.9 Å². The van der Waals surface area contributed by atoms with Crippen LogP contribution in [0.25, 0.3) is 0 Å². The Kier molecular flexibility index (Phi) is 5.88. The standard InChI is InChI=1S/C7H16O5Si/c1-7(8)12-5-6-13(9-2,10-3)11-4/h5-6H2,1-4H3. The summed E-state index contributed by atoms with van der Waals surface area (Å²) in [7, 11) is 2.00. The Morgan fingerprint density at radius 1 is 1.15 bits per heavy atom. The van der Waals surface area contributed by atoms with E-state index in [1.807, 2.05) is 0 Å². The molecule has 0 unspecified atom stereocenters. The third kappa shape index (κ3) is 4.37. The van der Waals surface area contributed by atoms with Gasteiger partial charge in [-0.1, -0.05) is 0 Å². The quantitative estimate of drug-likeness (QED) is 0.468. The van der Waals surface area contributed by atoms with E-state index in [2.05, 4.69) is 0 Å². The van der Waals surface area contributed by atoms with E-state index in [-0.39, 0.29) is 12.6 Å². The molecule has 13 heavy (non-hydrogen) atoms. The molecule has 0 aromatic carbocycles. The lowest BCUT2D eigenvalue weighted by Gasteiger charge is -2.23. The molecule has 0 heterocycles. The van der Waals surface area contributed by atoms with Gasteiger partial charge in [-0.25, -0.2) is 0 Å². The van der Waals surface area contributed by atoms with E-state index in [1.165, 1.54) is 28.3 Å². The number of ether oxygens (including phenoxy) is 1. The number of rotatable bonds is 6. The lowest BCUT2D eigenvalue weighted by molar-refractivity contribution is -0.140. The van der Waals surface area contributed by atoms with Crippen LogP contribution in [-0.4, -0.2) is 42.7 Å². The Bertz CT molecular complexity index is 149. The molecular weight excluding hydrogens is 192 g/mol. The highest BCUT2D eigenvalue weighted by molar-refractivity contribution is 6.60. The maximum absolute atomic E-state index is 10.5. The number of carbonyl (C=O) groups excluding carboxylic acids is 1. The Morgan fingerprint density at radius 3 is 1.92 bits per heavy atom. The zero-order valence-corrected chi connectivity index (χ0v) is 9.46. The fraction of sp³-hybridized carbons (Fsp3) is 0.857. The Balaban J connectivity index is 3.88. The minimum atomic E-state index is -2.56. The number of carbonyl (C=O) groups is 1. The van der Waals surface area contributed by atoms with Crippen molar-refractivity contribution >= 4 is 14.8 Å². The van der Waals surface area contributed by atoms with Crippen LogP contribution in [0.15, 0.2) is 0 Å². The first-order chi connectivity index (χ1) is 6.10. The van der Waals surface area contributed by atoms with Crippen LogP contribution >= 0.6 is 0 Å². The zero-order valence-electron chi connectivity index (χ0n) is 8.46. The molecule has 0 aromatic rings. The molecule has 0 N–H and O–H groups in total. The molecule has 0 saturated heterocycles. The van der Waals surface area contributed by atoms with Crippen molar-refractivity contribution in [2.24, 2.45) is 0 Å². The monoisotopic (exact) mass is 208 g/mol. The predicted octanol–water partition coefficient (Wildman–Crippen LogP) is 0.428. The summed E-state index contributed by atoms with van der Waals surface area (Å²) in [5, 5.41) is 0. The van der Waals surface area contributed by atoms with E-state index in [9.17, 15) is 4.79 Å². The average Bonchev–Trinajstić information content (AvgIpc) is 2.13. The van der Waals surface area contributed by atoms with Crippen molar-refractivity contribution in [1.29, 1.82) is 0 Å². The van der Waals surface area contributed by atoms with Crippen molar-refractivity contribution in [3.8, 4) is 0 Å². The summed E-state index contributed by atoms with van der Waals surface area (Å²) in [6, 6.07) is 0.468. The molecule has 78 valence electrons. The summed E-state index contributed by atoms with van der Waals surface area (Å²) in [6.45, 7) is 1.62. The van der Waals surface area contributed by atoms with Crippen LogP contribution in [0.4, 0.5) is 0 Å². The first kappa shape index (κ1) is 12.6. The third-order valence-electron chi connectivity index (χ3n) is 1.65. The van der Waals surface area contributed by atoms with Crippen LogP contribution in [0.2, 0.25) is 6.04 Å². The summed E-state index contributed by atoms with van der Waals surface area (Å²) >= 11 is 0. The molecule has 0 fully saturated rings. The van der Waals surface area contributed by atoms with Crippen molar-refractivity contribution in [3.63, 3.8) is 0 Å². The van der Waals surface area contributed by atoms with Crippen LogP contribution in [0, 0.1) is 0 Å². The molecule has 0 aliphatic carbocycles. The second-order valence-electron chi connectivity index (χ2n) is 2.39. The van der Waals surface area contributed by atoms with Gasteiger partial charge in [0.25, 0.3) is 0 Å². The van der Waals surface area contributed by atoms with E-state index in [1.54, 1.807) is 0 Å². The van der Waals surface area contributed by atoms with Crippen LogP contribution in [0.1, 0.15) is 6.92 Å². The van der Waals surface area contributed by atoms with Crippen LogP contribution in [0.5, 0.6) is 0 Å². The van der Waals surface area contributed by atoms with Gasteiger partial charge >= 0.3 is 14.8 Å². The summed E-state index contributed by atoms with van der Waals surface area (Å²) < 4.78 is 20.1. The van der Waals surface area contributed by atoms with Gasteiger partial charge in [0, 0.05) is 28.3 Å². The molecular formula is C7H16O5Si. The molecule has 0 atom stereocenters. The van der Waals surface area contributed by atoms with Gasteiger partial charge in [-0.05, 0) is 0 Å². The zero-order chi connectivity index (χ0) is 10.3. The van der Waals surface area contributed by atoms with Gasteiger partial charge in [0.15, 0.2) is 0 Å². The number of hydrogen-bond acceptors (Lipinski definition) is 5. The maximum Gasteiger partial charge on any atom is 0.503 e. The van der Waals surface area contributed by atoms with Crippen molar-refractivity contribution in [3.05, 3.63) is 0 Å². The Morgan fingerprint density at radius 2 is 1.62 bits per heavy atom. The Hall–Kier alpha value is -0.433. The third-order valence-corrected chi connectivity index (χ3v) is 4.33. The molecule has 0 bridgehead atoms. The van der Waals surface area contributed by atoms with Crippen molar-refractivity contribution in [1.82, 2.24) is 0 Å². The number of esters is 1. The summed E-state index contributed by atoms with van der Waals surface area (Å²) in [6.07, 6.45) is 0. The highest BCUT2D eigenvalue weighted by Crippen LogP contribution is 2.11. The lowest BCUT2D eigenvalue weighted by Crippen LogP contribution is -2.43. The first-order valence-electron chi connectivity index (χ1n) is 3.89. The fourth-order valence-corrected chi connectivity index (χ4v) is 2.34. The molecule has 0 aromatic heterocycles. The molecule has 5 nitrogen and oxygen atoms in total. The normalized spacial score (nSPS) is 11.4. The van der Waals surface area contributed by atoms with Gasteiger partial charge in [-0.15, -0.1) is 0 Å². The van der Waals surface area contributed by atoms with Gasteiger partial charge in [0.2, 0.25) is 0 Å². The summed E-state index contributed by atoms with van der Waals surface area (Å²) in [5.74, 6) is -0.314. The highest BCUT2D eigenvalue weighted by atomic mass is 28.4. The van der Waals surface area contributed by atoms with E-state index < -0.39 is 8.80 Å². The second kappa shape index (κ2) is 6.09. The molecule has 6 heteroatoms. The van der Waals surface area contributed by atoms with E-state index in [4.69, 9.17) is 18.0 Å². The fourth-order valence-electron chi connectivity index (χ4n) is 0.876. The van der Waals surface area contributed by atoms with Gasteiger partial charge in [0.1, 0.15) is 0 Å². The molecule has 0 spiro atoms. The second-order valence-corrected chi connectivity index (χ2v) is 5.48. The molecule has 0 rings (SSSR count). The minimum Gasteiger partial charge on any atom is -0.466 e. The van der Waals surface area contributed by atoms with E-state index in [0.717, 1.165) is 0 Å². The molecule has 0 amide bonds. The average molecular weight is 208 g/mol. The SMILES string of the molecule is CO[Si](CCOC(C)=O)(OC)OC. The van der Waals surface area contributed by atoms with Gasteiger partial charge < -0.3 is 18.0 Å². The van der Waals surface area contributed by atoms with Gasteiger partial charge in [-0.2, -0.15) is 0 Å². The number of hydrogen-bond donors (Lipinski definition) is 0. The molecule has 0 saturated carbocycles. The van der Waals surface area contributed by atoms with Crippen molar-refractivity contribution in [2.45, 2.75) is 13.0 Å². The van der Waals surface area contributed by atoms with Crippen LogP contribution in [0.3, 0.4) is 0 Å². The van der Waals surface area contributed by atoms with Gasteiger partial charge in [-0.3, -0.25) is 4.79 Å². The highest BCUT2D eigenvalue weighted by Gasteiger charge is 2.37. The van der Waals surface area contributed by atoms with E-state index >= 15 is 0 Å². The molecule has 0 radical (unpaired) electrons. The first-order valence-corrected chi connectivity index (χ1v) is 5.82. The Labute approximate surface area is 79.3 Å². The largest absolute Gasteiger partial charge is 0.503 e. The minimum absolute atomic E-state index is 0.261. The lowest BCUT2D eigenvalue weighted by atomic mass is 10.8. The molecule has 0 aliphatic rings. The smallest absolute Gasteiger partial charge is 0.466 e. The topological polar surface area (TPSA) is 54.0 Å². The van der Waals surface area contributed by atoms with Crippen LogP contribution < -0.4 is 0 Å².